The van der Waals surface area contributed by atoms with Crippen LogP contribution in [-0.2, 0) is 4.79 Å². The van der Waals surface area contributed by atoms with E-state index >= 15 is 0 Å². The number of aromatic nitrogens is 1. The van der Waals surface area contributed by atoms with Crippen molar-refractivity contribution in [3.05, 3.63) is 66.4 Å². The van der Waals surface area contributed by atoms with Gasteiger partial charge in [-0.2, -0.15) is 0 Å². The molecule has 1 saturated heterocycles. The zero-order chi connectivity index (χ0) is 19.5. The summed E-state index contributed by atoms with van der Waals surface area (Å²) in [5, 5.41) is 6.12. The molecule has 1 aliphatic heterocycles. The maximum atomic E-state index is 12.7. The van der Waals surface area contributed by atoms with E-state index < -0.39 is 0 Å². The van der Waals surface area contributed by atoms with Crippen molar-refractivity contribution in [3.8, 4) is 0 Å². The molecule has 1 saturated carbocycles. The van der Waals surface area contributed by atoms with Gasteiger partial charge in [0, 0.05) is 36.6 Å². The standard InChI is InChI=1S/C22H24N4O2/c1-2-21(27)25-18-8-5-16(6-9-18)22(28)26-12-11-19(14-26)24-20-10-7-17(13-23-20)15-3-4-15/h2,5-10,13,15,19H,1,3-4,11-12,14H2,(H,23,24)(H,25,27)/t19-/m0/s1. The Morgan fingerprint density at radius 3 is 2.54 bits per heavy atom. The summed E-state index contributed by atoms with van der Waals surface area (Å²) in [5.74, 6) is 1.30. The average molecular weight is 376 g/mol. The van der Waals surface area contributed by atoms with Crippen LogP contribution in [0.3, 0.4) is 0 Å². The summed E-state index contributed by atoms with van der Waals surface area (Å²) in [6, 6.07) is 11.3. The molecule has 2 heterocycles. The van der Waals surface area contributed by atoms with Crippen LogP contribution in [-0.4, -0.2) is 40.8 Å². The van der Waals surface area contributed by atoms with Gasteiger partial charge in [0.25, 0.3) is 5.91 Å². The molecule has 1 aliphatic carbocycles. The third kappa shape index (κ3) is 4.22. The van der Waals surface area contributed by atoms with Gasteiger partial charge in [-0.15, -0.1) is 0 Å². The fraction of sp³-hybridized carbons (Fsp3) is 0.318. The summed E-state index contributed by atoms with van der Waals surface area (Å²) in [7, 11) is 0. The Kier molecular flexibility index (Phi) is 5.10. The van der Waals surface area contributed by atoms with Crippen molar-refractivity contribution < 1.29 is 9.59 Å². The highest BCUT2D eigenvalue weighted by Gasteiger charge is 2.27. The van der Waals surface area contributed by atoms with E-state index in [1.165, 1.54) is 24.5 Å². The summed E-state index contributed by atoms with van der Waals surface area (Å²) in [5.41, 5.74) is 2.58. The van der Waals surface area contributed by atoms with Gasteiger partial charge in [-0.3, -0.25) is 9.59 Å². The molecule has 2 amide bonds. The van der Waals surface area contributed by atoms with Crippen LogP contribution in [0, 0.1) is 0 Å². The van der Waals surface area contributed by atoms with Crippen LogP contribution < -0.4 is 10.6 Å². The molecule has 4 rings (SSSR count). The first kappa shape index (κ1) is 18.2. The van der Waals surface area contributed by atoms with Crippen LogP contribution >= 0.6 is 0 Å². The van der Waals surface area contributed by atoms with Gasteiger partial charge in [0.15, 0.2) is 0 Å². The third-order valence-corrected chi connectivity index (χ3v) is 5.25. The van der Waals surface area contributed by atoms with E-state index in [0.717, 1.165) is 12.2 Å². The number of benzene rings is 1. The van der Waals surface area contributed by atoms with Crippen molar-refractivity contribution in [2.45, 2.75) is 31.2 Å². The fourth-order valence-corrected chi connectivity index (χ4v) is 3.49. The molecule has 0 radical (unpaired) electrons. The van der Waals surface area contributed by atoms with Gasteiger partial charge in [-0.1, -0.05) is 12.6 Å². The Morgan fingerprint density at radius 1 is 1.11 bits per heavy atom. The topological polar surface area (TPSA) is 74.3 Å². The summed E-state index contributed by atoms with van der Waals surface area (Å²) < 4.78 is 0. The molecule has 28 heavy (non-hydrogen) atoms. The van der Waals surface area contributed by atoms with Crippen LogP contribution in [0.1, 0.15) is 41.1 Å². The minimum absolute atomic E-state index is 0.00272. The van der Waals surface area contributed by atoms with Crippen LogP contribution in [0.15, 0.2) is 55.3 Å². The number of nitrogens with one attached hydrogen (secondary N) is 2. The monoisotopic (exact) mass is 376 g/mol. The quantitative estimate of drug-likeness (QED) is 0.758. The van der Waals surface area contributed by atoms with Crippen LogP contribution in [0.4, 0.5) is 11.5 Å². The molecule has 2 fully saturated rings. The Balaban J connectivity index is 1.32. The number of anilines is 2. The lowest BCUT2D eigenvalue weighted by molar-refractivity contribution is -0.111. The summed E-state index contributed by atoms with van der Waals surface area (Å²) in [6.07, 6.45) is 6.62. The SMILES string of the molecule is C=CC(=O)Nc1ccc(C(=O)N2CC[C@H](Nc3ccc(C4CC4)cn3)C2)cc1. The molecule has 2 N–H and O–H groups in total. The number of carbonyl (C=O) groups is 2. The van der Waals surface area contributed by atoms with E-state index in [9.17, 15) is 9.59 Å². The molecule has 1 aromatic carbocycles. The van der Waals surface area contributed by atoms with Crippen LogP contribution in [0.5, 0.6) is 0 Å². The number of likely N-dealkylation sites (tertiary alicyclic amines) is 1. The predicted octanol–water partition coefficient (Wildman–Crippen LogP) is 3.41. The minimum atomic E-state index is -0.272. The molecule has 6 nitrogen and oxygen atoms in total. The van der Waals surface area contributed by atoms with Crippen molar-refractivity contribution in [2.24, 2.45) is 0 Å². The number of rotatable bonds is 6. The Hall–Kier alpha value is -3.15. The second-order valence-electron chi connectivity index (χ2n) is 7.40. The number of hydrogen-bond acceptors (Lipinski definition) is 4. The molecule has 0 spiro atoms. The molecule has 0 bridgehead atoms. The summed E-state index contributed by atoms with van der Waals surface area (Å²) >= 11 is 0. The van der Waals surface area contributed by atoms with Crippen molar-refractivity contribution in [3.63, 3.8) is 0 Å². The molecule has 6 heteroatoms. The van der Waals surface area contributed by atoms with E-state index in [2.05, 4.69) is 28.3 Å². The van der Waals surface area contributed by atoms with Crippen LogP contribution in [0.25, 0.3) is 0 Å². The summed E-state index contributed by atoms with van der Waals surface area (Å²) in [4.78, 5) is 30.4. The lowest BCUT2D eigenvalue weighted by Gasteiger charge is -2.18. The van der Waals surface area contributed by atoms with Crippen molar-refractivity contribution in [1.82, 2.24) is 9.88 Å². The average Bonchev–Trinajstić information content (AvgIpc) is 3.47. The maximum Gasteiger partial charge on any atom is 0.253 e. The van der Waals surface area contributed by atoms with E-state index in [1.807, 2.05) is 17.2 Å². The van der Waals surface area contributed by atoms with Gasteiger partial charge < -0.3 is 15.5 Å². The zero-order valence-corrected chi connectivity index (χ0v) is 15.7. The normalized spacial score (nSPS) is 18.6. The molecule has 1 atom stereocenters. The van der Waals surface area contributed by atoms with E-state index in [0.29, 0.717) is 30.3 Å². The second-order valence-corrected chi connectivity index (χ2v) is 7.40. The van der Waals surface area contributed by atoms with Crippen LogP contribution in [0.2, 0.25) is 0 Å². The predicted molar refractivity (Wildman–Crippen MR) is 109 cm³/mol. The number of carbonyl (C=O) groups excluding carboxylic acids is 2. The van der Waals surface area contributed by atoms with Gasteiger partial charge in [0.05, 0.1) is 0 Å². The fourth-order valence-electron chi connectivity index (χ4n) is 3.49. The lowest BCUT2D eigenvalue weighted by atomic mass is 10.2. The zero-order valence-electron chi connectivity index (χ0n) is 15.7. The smallest absolute Gasteiger partial charge is 0.253 e. The number of nitrogens with zero attached hydrogens (tertiary/aromatic N) is 2. The summed E-state index contributed by atoms with van der Waals surface area (Å²) in [6.45, 7) is 4.79. The largest absolute Gasteiger partial charge is 0.365 e. The van der Waals surface area contributed by atoms with Gasteiger partial charge in [0.2, 0.25) is 5.91 Å². The van der Waals surface area contributed by atoms with Gasteiger partial charge in [-0.05, 0) is 67.2 Å². The van der Waals surface area contributed by atoms with Crippen molar-refractivity contribution in [1.29, 1.82) is 0 Å². The molecule has 2 aliphatic rings. The second kappa shape index (κ2) is 7.84. The first-order valence-electron chi connectivity index (χ1n) is 9.67. The minimum Gasteiger partial charge on any atom is -0.365 e. The highest BCUT2D eigenvalue weighted by atomic mass is 16.2. The molecule has 0 unspecified atom stereocenters. The number of hydrogen-bond donors (Lipinski definition) is 2. The van der Waals surface area contributed by atoms with E-state index in [-0.39, 0.29) is 17.9 Å². The first-order valence-corrected chi connectivity index (χ1v) is 9.67. The number of pyridine rings is 1. The highest BCUT2D eigenvalue weighted by molar-refractivity contribution is 5.99. The van der Waals surface area contributed by atoms with Gasteiger partial charge in [0.1, 0.15) is 5.82 Å². The lowest BCUT2D eigenvalue weighted by Crippen LogP contribution is -2.31. The van der Waals surface area contributed by atoms with Crippen molar-refractivity contribution >= 4 is 23.3 Å². The van der Waals surface area contributed by atoms with Gasteiger partial charge in [-0.25, -0.2) is 4.98 Å². The Morgan fingerprint density at radius 2 is 1.89 bits per heavy atom. The highest BCUT2D eigenvalue weighted by Crippen LogP contribution is 2.39. The number of amides is 2. The molecular weight excluding hydrogens is 352 g/mol. The van der Waals surface area contributed by atoms with Gasteiger partial charge >= 0.3 is 0 Å². The molecule has 144 valence electrons. The maximum absolute atomic E-state index is 12.7. The van der Waals surface area contributed by atoms with E-state index in [1.54, 1.807) is 24.3 Å². The Labute approximate surface area is 164 Å². The Bertz CT molecular complexity index is 872. The first-order chi connectivity index (χ1) is 13.6. The molecular formula is C22H24N4O2. The van der Waals surface area contributed by atoms with E-state index in [4.69, 9.17) is 0 Å². The van der Waals surface area contributed by atoms with Crippen molar-refractivity contribution in [2.75, 3.05) is 23.7 Å². The molecule has 2 aromatic rings. The third-order valence-electron chi connectivity index (χ3n) is 5.25. The molecule has 1 aromatic heterocycles.